The first-order chi connectivity index (χ1) is 18.7. The van der Waals surface area contributed by atoms with E-state index in [2.05, 4.69) is 36.4 Å². The summed E-state index contributed by atoms with van der Waals surface area (Å²) in [7, 11) is 4.84. The van der Waals surface area contributed by atoms with Crippen LogP contribution in [0.1, 0.15) is 38.2 Å². The standard InChI is InChI=1S/C28H35N7O4/c1-28(2,3)35-26(30-31-32-35)25(34-12-10-33(11-13-34)19-8-7-9-20(16-19)37-4)21-14-18-15-23(38-5)24(39-6)17-22(18)29-27(21)36/h7-9,14-17,25H,10-13H2,1-6H3,(H,29,36)/t25-/m0/s1. The fourth-order valence-corrected chi connectivity index (χ4v) is 5.14. The van der Waals surface area contributed by atoms with Crippen LogP contribution in [0.5, 0.6) is 17.2 Å². The van der Waals surface area contributed by atoms with E-state index in [-0.39, 0.29) is 11.1 Å². The number of nitrogens with zero attached hydrogens (tertiary/aromatic N) is 6. The van der Waals surface area contributed by atoms with Crippen LogP contribution in [0, 0.1) is 0 Å². The summed E-state index contributed by atoms with van der Waals surface area (Å²) in [6, 6.07) is 13.2. The van der Waals surface area contributed by atoms with Crippen molar-refractivity contribution in [2.24, 2.45) is 0 Å². The molecule has 4 aromatic rings. The highest BCUT2D eigenvalue weighted by molar-refractivity contribution is 5.83. The number of piperazine rings is 1. The average Bonchev–Trinajstić information content (AvgIpc) is 3.43. The SMILES string of the molecule is COc1cccc(N2CCN([C@@H](c3cc4cc(OC)c(OC)cc4[nH]c3=O)c3nnnn3C(C)(C)C)CC2)c1. The minimum absolute atomic E-state index is 0.196. The molecule has 11 heteroatoms. The van der Waals surface area contributed by atoms with Gasteiger partial charge in [0, 0.05) is 54.9 Å². The minimum atomic E-state index is -0.451. The van der Waals surface area contributed by atoms with Gasteiger partial charge in [0.2, 0.25) is 0 Å². The van der Waals surface area contributed by atoms with Gasteiger partial charge in [-0.2, -0.15) is 0 Å². The Morgan fingerprint density at radius 3 is 2.31 bits per heavy atom. The van der Waals surface area contributed by atoms with Gasteiger partial charge in [-0.25, -0.2) is 4.68 Å². The molecular formula is C28H35N7O4. The molecule has 0 bridgehead atoms. The maximum absolute atomic E-state index is 13.6. The van der Waals surface area contributed by atoms with Crippen LogP contribution in [0.3, 0.4) is 0 Å². The number of fused-ring (bicyclic) bond motifs is 1. The zero-order chi connectivity index (χ0) is 27.7. The largest absolute Gasteiger partial charge is 0.497 e. The predicted octanol–water partition coefficient (Wildman–Crippen LogP) is 3.21. The lowest BCUT2D eigenvalue weighted by molar-refractivity contribution is 0.190. The maximum Gasteiger partial charge on any atom is 0.253 e. The molecule has 1 atom stereocenters. The van der Waals surface area contributed by atoms with Crippen LogP contribution >= 0.6 is 0 Å². The number of hydrogen-bond acceptors (Lipinski definition) is 9. The smallest absolute Gasteiger partial charge is 0.253 e. The molecule has 39 heavy (non-hydrogen) atoms. The molecule has 0 amide bonds. The summed E-state index contributed by atoms with van der Waals surface area (Å²) in [5.41, 5.74) is 1.77. The molecule has 5 rings (SSSR count). The number of tetrazole rings is 1. The van der Waals surface area contributed by atoms with Gasteiger partial charge in [0.25, 0.3) is 5.56 Å². The third-order valence-electron chi connectivity index (χ3n) is 7.14. The number of aromatic amines is 1. The van der Waals surface area contributed by atoms with E-state index in [1.165, 1.54) is 0 Å². The fourth-order valence-electron chi connectivity index (χ4n) is 5.14. The van der Waals surface area contributed by atoms with Crippen molar-refractivity contribution in [3.8, 4) is 17.2 Å². The fraction of sp³-hybridized carbons (Fsp3) is 0.429. The molecule has 0 aliphatic carbocycles. The molecule has 1 N–H and O–H groups in total. The molecule has 2 aromatic carbocycles. The molecule has 0 radical (unpaired) electrons. The number of anilines is 1. The van der Waals surface area contributed by atoms with Gasteiger partial charge in [0.05, 0.1) is 32.4 Å². The quantitative estimate of drug-likeness (QED) is 0.383. The molecule has 11 nitrogen and oxygen atoms in total. The summed E-state index contributed by atoms with van der Waals surface area (Å²) < 4.78 is 18.2. The lowest BCUT2D eigenvalue weighted by Crippen LogP contribution is -2.49. The van der Waals surface area contributed by atoms with Crippen molar-refractivity contribution in [3.63, 3.8) is 0 Å². The van der Waals surface area contributed by atoms with Crippen LogP contribution in [-0.4, -0.2) is 77.6 Å². The van der Waals surface area contributed by atoms with Crippen molar-refractivity contribution in [2.75, 3.05) is 52.4 Å². The highest BCUT2D eigenvalue weighted by Crippen LogP contribution is 2.34. The van der Waals surface area contributed by atoms with Crippen molar-refractivity contribution in [1.29, 1.82) is 0 Å². The Kier molecular flexibility index (Phi) is 7.17. The zero-order valence-corrected chi connectivity index (χ0v) is 23.3. The summed E-state index contributed by atoms with van der Waals surface area (Å²) in [5.74, 6) is 2.59. The van der Waals surface area contributed by atoms with Gasteiger partial charge < -0.3 is 24.1 Å². The normalized spacial score (nSPS) is 15.4. The van der Waals surface area contributed by atoms with Crippen LogP contribution < -0.4 is 24.7 Å². The number of H-pyrrole nitrogens is 1. The van der Waals surface area contributed by atoms with Gasteiger partial charge >= 0.3 is 0 Å². The number of benzene rings is 2. The van der Waals surface area contributed by atoms with E-state index >= 15 is 0 Å². The lowest BCUT2D eigenvalue weighted by atomic mass is 10.0. The number of nitrogens with one attached hydrogen (secondary N) is 1. The highest BCUT2D eigenvalue weighted by Gasteiger charge is 2.35. The zero-order valence-electron chi connectivity index (χ0n) is 23.3. The van der Waals surface area contributed by atoms with E-state index in [1.807, 2.05) is 55.8 Å². The highest BCUT2D eigenvalue weighted by atomic mass is 16.5. The molecule has 0 spiro atoms. The first kappa shape index (κ1) is 26.5. The average molecular weight is 534 g/mol. The van der Waals surface area contributed by atoms with E-state index in [4.69, 9.17) is 14.2 Å². The number of hydrogen-bond donors (Lipinski definition) is 1. The van der Waals surface area contributed by atoms with Gasteiger partial charge in [-0.3, -0.25) is 9.69 Å². The Bertz CT molecular complexity index is 1520. The topological polar surface area (TPSA) is 111 Å². The lowest BCUT2D eigenvalue weighted by Gasteiger charge is -2.40. The first-order valence-corrected chi connectivity index (χ1v) is 12.9. The van der Waals surface area contributed by atoms with E-state index in [0.29, 0.717) is 41.5 Å². The van der Waals surface area contributed by atoms with Gasteiger partial charge in [0.15, 0.2) is 17.3 Å². The summed E-state index contributed by atoms with van der Waals surface area (Å²) in [6.07, 6.45) is 0. The second-order valence-electron chi connectivity index (χ2n) is 10.6. The monoisotopic (exact) mass is 533 g/mol. The van der Waals surface area contributed by atoms with Crippen molar-refractivity contribution in [1.82, 2.24) is 30.1 Å². The summed E-state index contributed by atoms with van der Waals surface area (Å²) in [4.78, 5) is 21.3. The van der Waals surface area contributed by atoms with Crippen LogP contribution in [0.25, 0.3) is 10.9 Å². The predicted molar refractivity (Wildman–Crippen MR) is 149 cm³/mol. The molecule has 0 unspecified atom stereocenters. The maximum atomic E-state index is 13.6. The molecule has 0 saturated carbocycles. The van der Waals surface area contributed by atoms with Crippen molar-refractivity contribution in [2.45, 2.75) is 32.4 Å². The molecule has 1 saturated heterocycles. The van der Waals surface area contributed by atoms with Gasteiger partial charge in [-0.15, -0.1) is 5.10 Å². The molecule has 1 aliphatic heterocycles. The van der Waals surface area contributed by atoms with E-state index in [9.17, 15) is 4.79 Å². The Morgan fingerprint density at radius 1 is 0.923 bits per heavy atom. The molecular weight excluding hydrogens is 498 g/mol. The van der Waals surface area contributed by atoms with Crippen LogP contribution in [0.4, 0.5) is 5.69 Å². The molecule has 1 aliphatic rings. The minimum Gasteiger partial charge on any atom is -0.497 e. The Hall–Kier alpha value is -4.12. The number of methoxy groups -OCH3 is 3. The number of rotatable bonds is 7. The Labute approximate surface area is 227 Å². The van der Waals surface area contributed by atoms with Gasteiger partial charge in [-0.1, -0.05) is 6.07 Å². The molecule has 2 aromatic heterocycles. The van der Waals surface area contributed by atoms with Crippen LogP contribution in [0.2, 0.25) is 0 Å². The summed E-state index contributed by atoms with van der Waals surface area (Å²) in [6.45, 7) is 9.12. The Balaban J connectivity index is 1.56. The molecule has 1 fully saturated rings. The third kappa shape index (κ3) is 5.14. The Morgan fingerprint density at radius 2 is 1.64 bits per heavy atom. The van der Waals surface area contributed by atoms with Gasteiger partial charge in [0.1, 0.15) is 11.8 Å². The van der Waals surface area contributed by atoms with Crippen LogP contribution in [-0.2, 0) is 5.54 Å². The van der Waals surface area contributed by atoms with E-state index < -0.39 is 6.04 Å². The number of ether oxygens (including phenoxy) is 3. The van der Waals surface area contributed by atoms with Crippen molar-refractivity contribution >= 4 is 16.6 Å². The van der Waals surface area contributed by atoms with Crippen molar-refractivity contribution in [3.05, 3.63) is 64.2 Å². The molecule has 3 heterocycles. The summed E-state index contributed by atoms with van der Waals surface area (Å²) in [5, 5.41) is 13.6. The second kappa shape index (κ2) is 10.6. The van der Waals surface area contributed by atoms with E-state index in [0.717, 1.165) is 29.9 Å². The summed E-state index contributed by atoms with van der Waals surface area (Å²) >= 11 is 0. The van der Waals surface area contributed by atoms with E-state index in [1.54, 1.807) is 27.4 Å². The first-order valence-electron chi connectivity index (χ1n) is 12.9. The van der Waals surface area contributed by atoms with Crippen LogP contribution in [0.15, 0.2) is 47.3 Å². The third-order valence-corrected chi connectivity index (χ3v) is 7.14. The molecule has 206 valence electrons. The number of aromatic nitrogens is 5. The van der Waals surface area contributed by atoms with Crippen molar-refractivity contribution < 1.29 is 14.2 Å². The van der Waals surface area contributed by atoms with Gasteiger partial charge in [-0.05, 0) is 55.5 Å². The second-order valence-corrected chi connectivity index (χ2v) is 10.6. The number of pyridine rings is 1.